The summed E-state index contributed by atoms with van der Waals surface area (Å²) in [6, 6.07) is -0.0382. The van der Waals surface area contributed by atoms with E-state index in [1.54, 1.807) is 17.3 Å². The number of likely N-dealkylation sites (N-methyl/N-ethyl adjacent to an activating group) is 1. The van der Waals surface area contributed by atoms with Gasteiger partial charge in [-0.2, -0.15) is 0 Å². The lowest BCUT2D eigenvalue weighted by atomic mass is 9.92. The number of H-pyrrole nitrogens is 1. The van der Waals surface area contributed by atoms with Gasteiger partial charge in [-0.1, -0.05) is 6.92 Å². The molecule has 0 bridgehead atoms. The molecule has 2 heterocycles. The van der Waals surface area contributed by atoms with Crippen molar-refractivity contribution >= 4 is 5.91 Å². The number of carbonyl (C=O) groups excluding carboxylic acids is 1. The van der Waals surface area contributed by atoms with Crippen LogP contribution in [-0.4, -0.2) is 40.4 Å². The van der Waals surface area contributed by atoms with Crippen LogP contribution in [0.5, 0.6) is 0 Å². The molecule has 1 fully saturated rings. The molecule has 17 heavy (non-hydrogen) atoms. The van der Waals surface area contributed by atoms with Crippen molar-refractivity contribution in [3.05, 3.63) is 18.2 Å². The minimum absolute atomic E-state index is 0.0382. The Morgan fingerprint density at radius 2 is 2.47 bits per heavy atom. The van der Waals surface area contributed by atoms with Crippen LogP contribution in [0, 0.1) is 5.92 Å². The van der Waals surface area contributed by atoms with E-state index in [1.807, 2.05) is 7.05 Å². The lowest BCUT2D eigenvalue weighted by Crippen LogP contribution is -2.51. The first-order valence-electron chi connectivity index (χ1n) is 6.15. The zero-order valence-corrected chi connectivity index (χ0v) is 10.4. The number of imidazole rings is 1. The lowest BCUT2D eigenvalue weighted by molar-refractivity contribution is -0.134. The van der Waals surface area contributed by atoms with Crippen molar-refractivity contribution in [2.45, 2.75) is 32.4 Å². The van der Waals surface area contributed by atoms with Crippen LogP contribution < -0.4 is 5.32 Å². The van der Waals surface area contributed by atoms with Gasteiger partial charge < -0.3 is 15.2 Å². The highest BCUT2D eigenvalue weighted by Crippen LogP contribution is 2.17. The fraction of sp³-hybridized carbons (Fsp3) is 0.667. The van der Waals surface area contributed by atoms with Gasteiger partial charge in [-0.05, 0) is 25.3 Å². The van der Waals surface area contributed by atoms with Gasteiger partial charge in [0.25, 0.3) is 0 Å². The van der Waals surface area contributed by atoms with Gasteiger partial charge in [-0.15, -0.1) is 0 Å². The van der Waals surface area contributed by atoms with Gasteiger partial charge in [0.1, 0.15) is 5.82 Å². The first kappa shape index (κ1) is 12.1. The number of piperidine rings is 1. The number of nitrogens with zero attached hydrogens (tertiary/aromatic N) is 2. The molecule has 0 saturated carbocycles. The number of nitrogens with one attached hydrogen (secondary N) is 2. The van der Waals surface area contributed by atoms with Gasteiger partial charge in [-0.25, -0.2) is 4.98 Å². The highest BCUT2D eigenvalue weighted by atomic mass is 16.2. The molecule has 1 aromatic rings. The topological polar surface area (TPSA) is 61.0 Å². The molecular formula is C12H20N4O. The summed E-state index contributed by atoms with van der Waals surface area (Å²) in [7, 11) is 1.83. The van der Waals surface area contributed by atoms with Gasteiger partial charge in [0.2, 0.25) is 5.91 Å². The maximum absolute atomic E-state index is 12.3. The number of hydrogen-bond acceptors (Lipinski definition) is 3. The van der Waals surface area contributed by atoms with Crippen molar-refractivity contribution in [2.75, 3.05) is 13.6 Å². The van der Waals surface area contributed by atoms with Crippen LogP contribution in [0.15, 0.2) is 12.4 Å². The van der Waals surface area contributed by atoms with Gasteiger partial charge in [0.15, 0.2) is 0 Å². The largest absolute Gasteiger partial charge is 0.347 e. The summed E-state index contributed by atoms with van der Waals surface area (Å²) in [6.07, 6.45) is 5.76. The second-order valence-electron chi connectivity index (χ2n) is 4.78. The predicted molar refractivity (Wildman–Crippen MR) is 65.3 cm³/mol. The average Bonchev–Trinajstić information content (AvgIpc) is 2.81. The standard InChI is InChI=1S/C12H20N4O/c1-9-4-3-5-15-11(9)12(17)16(2)8-10-13-6-7-14-10/h6-7,9,11,15H,3-5,8H2,1-2H3,(H,13,14). The predicted octanol–water partition coefficient (Wildman–Crippen LogP) is 0.756. The van der Waals surface area contributed by atoms with Crippen LogP contribution in [0.3, 0.4) is 0 Å². The van der Waals surface area contributed by atoms with E-state index in [1.165, 1.54) is 0 Å². The maximum Gasteiger partial charge on any atom is 0.240 e. The summed E-state index contributed by atoms with van der Waals surface area (Å²) in [6.45, 7) is 3.61. The van der Waals surface area contributed by atoms with E-state index < -0.39 is 0 Å². The molecule has 2 unspecified atom stereocenters. The first-order valence-corrected chi connectivity index (χ1v) is 6.15. The molecule has 0 aliphatic carbocycles. The zero-order chi connectivity index (χ0) is 12.3. The maximum atomic E-state index is 12.3. The number of amides is 1. The number of hydrogen-bond donors (Lipinski definition) is 2. The smallest absolute Gasteiger partial charge is 0.240 e. The summed E-state index contributed by atoms with van der Waals surface area (Å²) in [5, 5.41) is 3.31. The molecule has 2 atom stereocenters. The fourth-order valence-electron chi connectivity index (χ4n) is 2.30. The molecular weight excluding hydrogens is 216 g/mol. The summed E-state index contributed by atoms with van der Waals surface area (Å²) in [5.41, 5.74) is 0. The minimum atomic E-state index is -0.0382. The third-order valence-corrected chi connectivity index (χ3v) is 3.35. The minimum Gasteiger partial charge on any atom is -0.347 e. The molecule has 94 valence electrons. The van der Waals surface area contributed by atoms with Gasteiger partial charge >= 0.3 is 0 Å². The monoisotopic (exact) mass is 236 g/mol. The van der Waals surface area contributed by atoms with Crippen LogP contribution in [0.2, 0.25) is 0 Å². The Morgan fingerprint density at radius 1 is 1.65 bits per heavy atom. The molecule has 1 aromatic heterocycles. The Balaban J connectivity index is 1.94. The molecule has 2 N–H and O–H groups in total. The van der Waals surface area contributed by atoms with Gasteiger partial charge in [0, 0.05) is 19.4 Å². The molecule has 1 saturated heterocycles. The van der Waals surface area contributed by atoms with Crippen LogP contribution >= 0.6 is 0 Å². The number of rotatable bonds is 3. The second kappa shape index (κ2) is 5.31. The summed E-state index contributed by atoms with van der Waals surface area (Å²) in [4.78, 5) is 21.1. The highest BCUT2D eigenvalue weighted by Gasteiger charge is 2.29. The molecule has 1 aliphatic rings. The Bertz CT molecular complexity index is 363. The summed E-state index contributed by atoms with van der Waals surface area (Å²) in [5.74, 6) is 1.40. The van der Waals surface area contributed by atoms with E-state index >= 15 is 0 Å². The van der Waals surface area contributed by atoms with Crippen molar-refractivity contribution in [2.24, 2.45) is 5.92 Å². The second-order valence-corrected chi connectivity index (χ2v) is 4.78. The van der Waals surface area contributed by atoms with E-state index in [9.17, 15) is 4.79 Å². The quantitative estimate of drug-likeness (QED) is 0.814. The third-order valence-electron chi connectivity index (χ3n) is 3.35. The molecule has 0 radical (unpaired) electrons. The van der Waals surface area contributed by atoms with E-state index in [4.69, 9.17) is 0 Å². The SMILES string of the molecule is CC1CCCNC1C(=O)N(C)Cc1ncc[nH]1. The Hall–Kier alpha value is -1.36. The molecule has 0 aromatic carbocycles. The van der Waals surface area contributed by atoms with E-state index in [0.29, 0.717) is 12.5 Å². The van der Waals surface area contributed by atoms with E-state index in [2.05, 4.69) is 22.2 Å². The molecule has 5 nitrogen and oxygen atoms in total. The van der Waals surface area contributed by atoms with Crippen LogP contribution in [0.25, 0.3) is 0 Å². The number of carbonyl (C=O) groups is 1. The van der Waals surface area contributed by atoms with Crippen molar-refractivity contribution < 1.29 is 4.79 Å². The molecule has 0 spiro atoms. The van der Waals surface area contributed by atoms with Crippen LogP contribution in [-0.2, 0) is 11.3 Å². The molecule has 1 amide bonds. The summed E-state index contributed by atoms with van der Waals surface area (Å²) >= 11 is 0. The average molecular weight is 236 g/mol. The third kappa shape index (κ3) is 2.85. The Morgan fingerprint density at radius 3 is 3.12 bits per heavy atom. The normalized spacial score (nSPS) is 24.6. The highest BCUT2D eigenvalue weighted by molar-refractivity contribution is 5.82. The Labute approximate surface area is 102 Å². The van der Waals surface area contributed by atoms with E-state index in [0.717, 1.165) is 25.2 Å². The van der Waals surface area contributed by atoms with Gasteiger partial charge in [0.05, 0.1) is 12.6 Å². The first-order chi connectivity index (χ1) is 8.18. The molecule has 2 rings (SSSR count). The summed E-state index contributed by atoms with van der Waals surface area (Å²) < 4.78 is 0. The van der Waals surface area contributed by atoms with Crippen molar-refractivity contribution in [1.82, 2.24) is 20.2 Å². The fourth-order valence-corrected chi connectivity index (χ4v) is 2.30. The molecule has 5 heteroatoms. The van der Waals surface area contributed by atoms with Crippen LogP contribution in [0.4, 0.5) is 0 Å². The zero-order valence-electron chi connectivity index (χ0n) is 10.4. The Kier molecular flexibility index (Phi) is 3.78. The van der Waals surface area contributed by atoms with Crippen LogP contribution in [0.1, 0.15) is 25.6 Å². The van der Waals surface area contributed by atoms with Gasteiger partial charge in [-0.3, -0.25) is 4.79 Å². The van der Waals surface area contributed by atoms with Crippen molar-refractivity contribution in [3.63, 3.8) is 0 Å². The lowest BCUT2D eigenvalue weighted by Gasteiger charge is -2.32. The van der Waals surface area contributed by atoms with E-state index in [-0.39, 0.29) is 11.9 Å². The number of aromatic nitrogens is 2. The molecule has 1 aliphatic heterocycles. The van der Waals surface area contributed by atoms with Crippen molar-refractivity contribution in [1.29, 1.82) is 0 Å². The number of aromatic amines is 1. The van der Waals surface area contributed by atoms with Crippen molar-refractivity contribution in [3.8, 4) is 0 Å².